The molecule has 2 rings (SSSR count). The number of aliphatic hydroxyl groups is 1. The minimum atomic E-state index is -0.158. The summed E-state index contributed by atoms with van der Waals surface area (Å²) in [6, 6.07) is 4.03. The van der Waals surface area contributed by atoms with Crippen LogP contribution in [0.4, 0.5) is 4.79 Å². The van der Waals surface area contributed by atoms with Crippen molar-refractivity contribution in [3.63, 3.8) is 0 Å². The predicted octanol–water partition coefficient (Wildman–Crippen LogP) is 2.97. The zero-order valence-corrected chi connectivity index (χ0v) is 13.8. The summed E-state index contributed by atoms with van der Waals surface area (Å²) in [6.45, 7) is 2.52. The number of carbonyl (C=O) groups excluding carboxylic acids is 1. The summed E-state index contributed by atoms with van der Waals surface area (Å²) in [6.07, 6.45) is 6.05. The lowest BCUT2D eigenvalue weighted by Crippen LogP contribution is -2.48. The monoisotopic (exact) mass is 310 g/mol. The first-order chi connectivity index (χ1) is 10.1. The van der Waals surface area contributed by atoms with Crippen molar-refractivity contribution < 1.29 is 9.90 Å². The van der Waals surface area contributed by atoms with Gasteiger partial charge in [0, 0.05) is 23.9 Å². The molecule has 0 aromatic carbocycles. The van der Waals surface area contributed by atoms with Crippen LogP contribution in [-0.4, -0.2) is 42.3 Å². The molecule has 0 aliphatic heterocycles. The molecule has 1 saturated carbocycles. The highest BCUT2D eigenvalue weighted by atomic mass is 32.1. The minimum absolute atomic E-state index is 0.0139. The van der Waals surface area contributed by atoms with Crippen LogP contribution in [0.25, 0.3) is 0 Å². The fourth-order valence-corrected chi connectivity index (χ4v) is 4.00. The molecule has 4 nitrogen and oxygen atoms in total. The summed E-state index contributed by atoms with van der Waals surface area (Å²) in [5.41, 5.74) is 0.103. The topological polar surface area (TPSA) is 52.6 Å². The molecule has 5 heteroatoms. The largest absolute Gasteiger partial charge is 0.394 e. The smallest absolute Gasteiger partial charge is 0.317 e. The van der Waals surface area contributed by atoms with Gasteiger partial charge in [0.15, 0.2) is 0 Å². The van der Waals surface area contributed by atoms with Gasteiger partial charge in [0.1, 0.15) is 0 Å². The quantitative estimate of drug-likeness (QED) is 0.878. The van der Waals surface area contributed by atoms with Gasteiger partial charge in [-0.1, -0.05) is 25.3 Å². The first kappa shape index (κ1) is 16.3. The SMILES string of the molecule is CC(CO)N(C)C(=O)NCC1(c2cccs2)CCCCC1. The molecule has 2 amide bonds. The van der Waals surface area contributed by atoms with E-state index in [0.29, 0.717) is 6.54 Å². The third-order valence-corrected chi connectivity index (χ3v) is 5.79. The Morgan fingerprint density at radius 1 is 1.48 bits per heavy atom. The second kappa shape index (κ2) is 7.27. The highest BCUT2D eigenvalue weighted by Crippen LogP contribution is 2.41. The van der Waals surface area contributed by atoms with Crippen LogP contribution < -0.4 is 5.32 Å². The molecule has 118 valence electrons. The number of thiophene rings is 1. The van der Waals surface area contributed by atoms with Gasteiger partial charge in [-0.3, -0.25) is 0 Å². The maximum Gasteiger partial charge on any atom is 0.317 e. The van der Waals surface area contributed by atoms with Crippen molar-refractivity contribution in [3.05, 3.63) is 22.4 Å². The molecule has 1 aromatic rings. The van der Waals surface area contributed by atoms with Crippen molar-refractivity contribution in [1.29, 1.82) is 0 Å². The van der Waals surface area contributed by atoms with Crippen LogP contribution in [0.1, 0.15) is 43.9 Å². The van der Waals surface area contributed by atoms with E-state index in [4.69, 9.17) is 5.11 Å². The van der Waals surface area contributed by atoms with Crippen LogP contribution in [0.3, 0.4) is 0 Å². The standard InChI is InChI=1S/C16H26N2O2S/c1-13(11-19)18(2)15(20)17-12-16(8-4-3-5-9-16)14-7-6-10-21-14/h6-7,10,13,19H,3-5,8-9,11-12H2,1-2H3,(H,17,20). The van der Waals surface area contributed by atoms with E-state index >= 15 is 0 Å². The van der Waals surface area contributed by atoms with E-state index in [1.165, 1.54) is 24.1 Å². The molecule has 21 heavy (non-hydrogen) atoms. The van der Waals surface area contributed by atoms with Crippen molar-refractivity contribution in [2.45, 2.75) is 50.5 Å². The van der Waals surface area contributed by atoms with E-state index in [-0.39, 0.29) is 24.1 Å². The van der Waals surface area contributed by atoms with Crippen molar-refractivity contribution in [2.75, 3.05) is 20.2 Å². The predicted molar refractivity (Wildman–Crippen MR) is 86.8 cm³/mol. The Morgan fingerprint density at radius 3 is 2.76 bits per heavy atom. The fourth-order valence-electron chi connectivity index (χ4n) is 3.01. The number of amides is 2. The average Bonchev–Trinajstić information content (AvgIpc) is 3.07. The van der Waals surface area contributed by atoms with Crippen molar-refractivity contribution in [2.24, 2.45) is 0 Å². The lowest BCUT2D eigenvalue weighted by molar-refractivity contribution is 0.154. The fraction of sp³-hybridized carbons (Fsp3) is 0.688. The van der Waals surface area contributed by atoms with Gasteiger partial charge < -0.3 is 15.3 Å². The van der Waals surface area contributed by atoms with Crippen molar-refractivity contribution >= 4 is 17.4 Å². The summed E-state index contributed by atoms with van der Waals surface area (Å²) in [5.74, 6) is 0. The van der Waals surface area contributed by atoms with Gasteiger partial charge in [-0.2, -0.15) is 0 Å². The highest BCUT2D eigenvalue weighted by molar-refractivity contribution is 7.10. The van der Waals surface area contributed by atoms with E-state index in [2.05, 4.69) is 22.8 Å². The van der Waals surface area contributed by atoms with E-state index in [0.717, 1.165) is 12.8 Å². The second-order valence-corrected chi connectivity index (χ2v) is 7.07. The molecule has 1 aliphatic carbocycles. The molecule has 1 atom stereocenters. The van der Waals surface area contributed by atoms with Crippen molar-refractivity contribution in [1.82, 2.24) is 10.2 Å². The Bertz CT molecular complexity index is 441. The number of hydrogen-bond donors (Lipinski definition) is 2. The summed E-state index contributed by atoms with van der Waals surface area (Å²) < 4.78 is 0. The molecular weight excluding hydrogens is 284 g/mol. The normalized spacial score (nSPS) is 19.0. The maximum atomic E-state index is 12.2. The van der Waals surface area contributed by atoms with Crippen LogP contribution in [0.5, 0.6) is 0 Å². The summed E-state index contributed by atoms with van der Waals surface area (Å²) in [5, 5.41) is 14.3. The van der Waals surface area contributed by atoms with E-state index < -0.39 is 0 Å². The molecule has 2 N–H and O–H groups in total. The molecule has 0 radical (unpaired) electrons. The molecule has 0 spiro atoms. The Kier molecular flexibility index (Phi) is 5.65. The number of carbonyl (C=O) groups is 1. The zero-order chi connectivity index (χ0) is 15.3. The van der Waals surface area contributed by atoms with Crippen molar-refractivity contribution in [3.8, 4) is 0 Å². The Hall–Kier alpha value is -1.07. The average molecular weight is 310 g/mol. The molecular formula is C16H26N2O2S. The number of hydrogen-bond acceptors (Lipinski definition) is 3. The maximum absolute atomic E-state index is 12.2. The van der Waals surface area contributed by atoms with Crippen LogP contribution in [0, 0.1) is 0 Å². The van der Waals surface area contributed by atoms with Gasteiger partial charge in [0.2, 0.25) is 0 Å². The summed E-state index contributed by atoms with van der Waals surface area (Å²) in [7, 11) is 1.73. The molecule has 0 bridgehead atoms. The molecule has 1 unspecified atom stereocenters. The molecule has 1 heterocycles. The van der Waals surface area contributed by atoms with Crippen LogP contribution in [0.15, 0.2) is 17.5 Å². The van der Waals surface area contributed by atoms with Gasteiger partial charge in [-0.25, -0.2) is 4.79 Å². The molecule has 1 aromatic heterocycles. The van der Waals surface area contributed by atoms with Gasteiger partial charge in [-0.15, -0.1) is 11.3 Å². The van der Waals surface area contributed by atoms with Gasteiger partial charge in [-0.05, 0) is 31.2 Å². The third-order valence-electron chi connectivity index (χ3n) is 4.68. The van der Waals surface area contributed by atoms with Crippen LogP contribution in [0.2, 0.25) is 0 Å². The van der Waals surface area contributed by atoms with E-state index in [1.807, 2.05) is 6.92 Å². The van der Waals surface area contributed by atoms with Crippen LogP contribution in [-0.2, 0) is 5.41 Å². The lowest BCUT2D eigenvalue weighted by Gasteiger charge is -2.37. The third kappa shape index (κ3) is 3.77. The number of urea groups is 1. The Labute approximate surface area is 131 Å². The minimum Gasteiger partial charge on any atom is -0.394 e. The Morgan fingerprint density at radius 2 is 2.19 bits per heavy atom. The number of nitrogens with zero attached hydrogens (tertiary/aromatic N) is 1. The summed E-state index contributed by atoms with van der Waals surface area (Å²) in [4.78, 5) is 15.2. The second-order valence-electron chi connectivity index (χ2n) is 6.12. The van der Waals surface area contributed by atoms with E-state index in [1.54, 1.807) is 23.3 Å². The number of aliphatic hydroxyl groups excluding tert-OH is 1. The number of nitrogens with one attached hydrogen (secondary N) is 1. The Balaban J connectivity index is 2.02. The highest BCUT2D eigenvalue weighted by Gasteiger charge is 2.35. The number of rotatable bonds is 5. The van der Waals surface area contributed by atoms with Gasteiger partial charge >= 0.3 is 6.03 Å². The van der Waals surface area contributed by atoms with Crippen LogP contribution >= 0.6 is 11.3 Å². The molecule has 0 saturated heterocycles. The number of likely N-dealkylation sites (N-methyl/N-ethyl adjacent to an activating group) is 1. The van der Waals surface area contributed by atoms with Gasteiger partial charge in [0.25, 0.3) is 0 Å². The first-order valence-corrected chi connectivity index (χ1v) is 8.62. The lowest BCUT2D eigenvalue weighted by atomic mass is 9.73. The zero-order valence-electron chi connectivity index (χ0n) is 13.0. The molecule has 1 fully saturated rings. The van der Waals surface area contributed by atoms with Gasteiger partial charge in [0.05, 0.1) is 12.6 Å². The van der Waals surface area contributed by atoms with E-state index in [9.17, 15) is 4.79 Å². The first-order valence-electron chi connectivity index (χ1n) is 7.74. The summed E-state index contributed by atoms with van der Waals surface area (Å²) >= 11 is 1.79. The molecule has 1 aliphatic rings.